The van der Waals surface area contributed by atoms with Gasteiger partial charge in [-0.15, -0.1) is 0 Å². The van der Waals surface area contributed by atoms with Crippen LogP contribution >= 0.6 is 0 Å². The van der Waals surface area contributed by atoms with E-state index in [1.165, 1.54) is 11.3 Å². The van der Waals surface area contributed by atoms with Crippen LogP contribution in [0.1, 0.15) is 29.9 Å². The van der Waals surface area contributed by atoms with Crippen molar-refractivity contribution in [2.24, 2.45) is 0 Å². The van der Waals surface area contributed by atoms with Crippen molar-refractivity contribution in [2.75, 3.05) is 6.61 Å². The van der Waals surface area contributed by atoms with E-state index in [0.29, 0.717) is 6.10 Å². The number of nitrogens with zero attached hydrogens (tertiary/aromatic N) is 4. The third-order valence-corrected chi connectivity index (χ3v) is 5.59. The van der Waals surface area contributed by atoms with Crippen molar-refractivity contribution in [3.05, 3.63) is 41.3 Å². The van der Waals surface area contributed by atoms with Crippen LogP contribution in [0.25, 0.3) is 27.7 Å². The van der Waals surface area contributed by atoms with Gasteiger partial charge in [0.1, 0.15) is 11.5 Å². The van der Waals surface area contributed by atoms with Gasteiger partial charge < -0.3 is 9.30 Å². The van der Waals surface area contributed by atoms with Crippen LogP contribution in [0, 0.1) is 20.8 Å². The molecule has 5 rings (SSSR count). The number of hydrogen-bond donors (Lipinski definition) is 0. The number of aromatic nitrogens is 4. The van der Waals surface area contributed by atoms with E-state index in [4.69, 9.17) is 14.7 Å². The molecule has 128 valence electrons. The van der Waals surface area contributed by atoms with Gasteiger partial charge in [0, 0.05) is 12.3 Å². The second kappa shape index (κ2) is 5.30. The highest BCUT2D eigenvalue weighted by Gasteiger charge is 2.23. The van der Waals surface area contributed by atoms with Gasteiger partial charge in [-0.1, -0.05) is 12.1 Å². The predicted octanol–water partition coefficient (Wildman–Crippen LogP) is 3.94. The highest BCUT2D eigenvalue weighted by atomic mass is 16.5. The summed E-state index contributed by atoms with van der Waals surface area (Å²) in [4.78, 5) is 9.91. The summed E-state index contributed by atoms with van der Waals surface area (Å²) in [6, 6.07) is 8.27. The molecule has 1 unspecified atom stereocenters. The first kappa shape index (κ1) is 14.9. The molecule has 1 fully saturated rings. The van der Waals surface area contributed by atoms with Gasteiger partial charge in [0.2, 0.25) is 0 Å². The summed E-state index contributed by atoms with van der Waals surface area (Å²) in [7, 11) is 0. The van der Waals surface area contributed by atoms with Crippen molar-refractivity contribution in [2.45, 2.75) is 46.3 Å². The fraction of sp³-hybridized carbons (Fsp3) is 0.400. The fourth-order valence-electron chi connectivity index (χ4n) is 4.17. The largest absolute Gasteiger partial charge is 0.376 e. The molecular formula is C20H22N4O. The Morgan fingerprint density at radius 3 is 2.76 bits per heavy atom. The molecule has 5 heteroatoms. The maximum absolute atomic E-state index is 5.87. The van der Waals surface area contributed by atoms with E-state index in [2.05, 4.69) is 47.9 Å². The summed E-state index contributed by atoms with van der Waals surface area (Å²) in [6.07, 6.45) is 2.59. The zero-order valence-corrected chi connectivity index (χ0v) is 14.9. The van der Waals surface area contributed by atoms with Gasteiger partial charge in [-0.3, -0.25) is 4.40 Å². The van der Waals surface area contributed by atoms with Gasteiger partial charge in [0.05, 0.1) is 29.1 Å². The summed E-state index contributed by atoms with van der Waals surface area (Å²) in [6.45, 7) is 8.18. The Balaban J connectivity index is 1.84. The first-order valence-electron chi connectivity index (χ1n) is 9.00. The van der Waals surface area contributed by atoms with Gasteiger partial charge in [-0.05, 0) is 51.3 Å². The average Bonchev–Trinajstić information content (AvgIpc) is 3.30. The highest BCUT2D eigenvalue weighted by molar-refractivity contribution is 5.98. The van der Waals surface area contributed by atoms with Crippen molar-refractivity contribution in [1.82, 2.24) is 18.9 Å². The summed E-state index contributed by atoms with van der Waals surface area (Å²) in [5, 5.41) is 1.16. The average molecular weight is 334 g/mol. The Morgan fingerprint density at radius 1 is 1.12 bits per heavy atom. The number of benzene rings is 1. The second-order valence-corrected chi connectivity index (χ2v) is 7.07. The molecule has 0 amide bonds. The smallest absolute Gasteiger partial charge is 0.150 e. The minimum absolute atomic E-state index is 0.297. The SMILES string of the molecule is Cc1c(C)n(CC2CCCO2)c2nc(C)n3c4ccccc4nc3c12. The molecule has 0 spiro atoms. The highest BCUT2D eigenvalue weighted by Crippen LogP contribution is 2.31. The number of aryl methyl sites for hydroxylation is 2. The lowest BCUT2D eigenvalue weighted by Crippen LogP contribution is -2.16. The van der Waals surface area contributed by atoms with Crippen LogP contribution in [0.15, 0.2) is 24.3 Å². The van der Waals surface area contributed by atoms with Gasteiger partial charge in [0.25, 0.3) is 0 Å². The van der Waals surface area contributed by atoms with Crippen molar-refractivity contribution in [1.29, 1.82) is 0 Å². The fourth-order valence-corrected chi connectivity index (χ4v) is 4.17. The molecule has 0 radical (unpaired) electrons. The standard InChI is InChI=1S/C20H22N4O/c1-12-13(2)23(11-15-7-6-10-25-15)19-18(12)20-22-16-8-4-5-9-17(16)24(20)14(3)21-19/h4-5,8-9,15H,6-7,10-11H2,1-3H3. The van der Waals surface area contributed by atoms with Gasteiger partial charge in [0.15, 0.2) is 5.65 Å². The first-order valence-corrected chi connectivity index (χ1v) is 9.00. The number of ether oxygens (including phenoxy) is 1. The first-order chi connectivity index (χ1) is 12.1. The number of rotatable bonds is 2. The number of imidazole rings is 1. The Hall–Kier alpha value is -2.40. The molecule has 0 N–H and O–H groups in total. The second-order valence-electron chi connectivity index (χ2n) is 7.07. The lowest BCUT2D eigenvalue weighted by Gasteiger charge is -2.13. The summed E-state index contributed by atoms with van der Waals surface area (Å²) in [5.74, 6) is 0.974. The molecule has 4 aromatic rings. The molecule has 0 aliphatic carbocycles. The topological polar surface area (TPSA) is 44.4 Å². The third-order valence-electron chi connectivity index (χ3n) is 5.59. The Bertz CT molecular complexity index is 1120. The number of fused-ring (bicyclic) bond motifs is 5. The molecule has 1 atom stereocenters. The van der Waals surface area contributed by atoms with Crippen LogP contribution in [0.3, 0.4) is 0 Å². The number of hydrogen-bond acceptors (Lipinski definition) is 3. The molecule has 1 aliphatic rings. The van der Waals surface area contributed by atoms with Crippen LogP contribution in [0.5, 0.6) is 0 Å². The zero-order valence-electron chi connectivity index (χ0n) is 14.9. The normalized spacial score (nSPS) is 18.1. The van der Waals surface area contributed by atoms with Crippen LogP contribution in [-0.4, -0.2) is 31.6 Å². The molecule has 1 saturated heterocycles. The summed E-state index contributed by atoms with van der Waals surface area (Å²) in [5.41, 5.74) is 6.71. The molecule has 5 nitrogen and oxygen atoms in total. The molecule has 1 aliphatic heterocycles. The van der Waals surface area contributed by atoms with Gasteiger partial charge >= 0.3 is 0 Å². The monoisotopic (exact) mass is 334 g/mol. The maximum Gasteiger partial charge on any atom is 0.150 e. The van der Waals surface area contributed by atoms with Crippen LogP contribution in [0.4, 0.5) is 0 Å². The molecule has 3 aromatic heterocycles. The van der Waals surface area contributed by atoms with E-state index in [1.807, 2.05) is 6.07 Å². The van der Waals surface area contributed by atoms with E-state index in [1.54, 1.807) is 0 Å². The van der Waals surface area contributed by atoms with E-state index in [9.17, 15) is 0 Å². The molecule has 0 saturated carbocycles. The third kappa shape index (κ3) is 2.05. The van der Waals surface area contributed by atoms with Crippen molar-refractivity contribution in [3.8, 4) is 0 Å². The van der Waals surface area contributed by atoms with Crippen molar-refractivity contribution >= 4 is 27.7 Å². The quantitative estimate of drug-likeness (QED) is 0.558. The Labute approximate surface area is 146 Å². The van der Waals surface area contributed by atoms with E-state index >= 15 is 0 Å². The van der Waals surface area contributed by atoms with Crippen LogP contribution in [0.2, 0.25) is 0 Å². The summed E-state index contributed by atoms with van der Waals surface area (Å²) < 4.78 is 10.4. The lowest BCUT2D eigenvalue weighted by atomic mass is 10.2. The van der Waals surface area contributed by atoms with Crippen LogP contribution < -0.4 is 0 Å². The van der Waals surface area contributed by atoms with Gasteiger partial charge in [-0.2, -0.15) is 0 Å². The van der Waals surface area contributed by atoms with Crippen molar-refractivity contribution < 1.29 is 4.74 Å². The zero-order chi connectivity index (χ0) is 17.1. The summed E-state index contributed by atoms with van der Waals surface area (Å²) >= 11 is 0. The van der Waals surface area contributed by atoms with Crippen molar-refractivity contribution in [3.63, 3.8) is 0 Å². The van der Waals surface area contributed by atoms with E-state index < -0.39 is 0 Å². The molecule has 1 aromatic carbocycles. The predicted molar refractivity (Wildman–Crippen MR) is 99.2 cm³/mol. The lowest BCUT2D eigenvalue weighted by molar-refractivity contribution is 0.0974. The van der Waals surface area contributed by atoms with E-state index in [0.717, 1.165) is 59.5 Å². The van der Waals surface area contributed by atoms with Gasteiger partial charge in [-0.25, -0.2) is 9.97 Å². The molecule has 4 heterocycles. The van der Waals surface area contributed by atoms with Crippen LogP contribution in [-0.2, 0) is 11.3 Å². The van der Waals surface area contributed by atoms with E-state index in [-0.39, 0.29) is 0 Å². The minimum Gasteiger partial charge on any atom is -0.376 e. The Kier molecular flexibility index (Phi) is 3.16. The number of para-hydroxylation sites is 2. The molecule has 25 heavy (non-hydrogen) atoms. The molecule has 0 bridgehead atoms. The minimum atomic E-state index is 0.297. The Morgan fingerprint density at radius 2 is 1.96 bits per heavy atom. The maximum atomic E-state index is 5.87. The molecular weight excluding hydrogens is 312 g/mol.